The Balaban J connectivity index is 2.77. The molecule has 0 aliphatic rings. The topological polar surface area (TPSA) is 21.6 Å². The second-order valence-electron chi connectivity index (χ2n) is 3.08. The molecule has 72 valence electrons. The van der Waals surface area contributed by atoms with E-state index in [1.54, 1.807) is 0 Å². The number of oxime groups is 1. The van der Waals surface area contributed by atoms with Crippen LogP contribution in [0.2, 0.25) is 0 Å². The second-order valence-corrected chi connectivity index (χ2v) is 3.08. The predicted molar refractivity (Wildman–Crippen MR) is 53.5 cm³/mol. The van der Waals surface area contributed by atoms with Crippen LogP contribution in [0.25, 0.3) is 0 Å². The van der Waals surface area contributed by atoms with Gasteiger partial charge in [0.05, 0.1) is 0 Å². The fourth-order valence-corrected chi connectivity index (χ4v) is 1.19. The Kier molecular flexibility index (Phi) is 10.0. The standard InChI is InChI=1S/C10H21NO/c1-3-4-5-6-7-8-9-10-12-11-2/h2-10H2,1H3. The molecular formula is C10H21NO. The number of rotatable bonds is 9. The molecule has 0 bridgehead atoms. The van der Waals surface area contributed by atoms with Crippen LogP contribution in [0.3, 0.4) is 0 Å². The van der Waals surface area contributed by atoms with Crippen LogP contribution in [-0.2, 0) is 4.84 Å². The largest absolute Gasteiger partial charge is 0.396 e. The molecule has 0 N–H and O–H groups in total. The summed E-state index contributed by atoms with van der Waals surface area (Å²) in [7, 11) is 0. The molecule has 0 amide bonds. The molecule has 2 heteroatoms. The molecule has 0 saturated carbocycles. The first-order valence-corrected chi connectivity index (χ1v) is 4.99. The van der Waals surface area contributed by atoms with Crippen LogP contribution in [0.4, 0.5) is 0 Å². The van der Waals surface area contributed by atoms with E-state index in [0.29, 0.717) is 0 Å². The van der Waals surface area contributed by atoms with Crippen LogP contribution < -0.4 is 0 Å². The van der Waals surface area contributed by atoms with Gasteiger partial charge in [0.15, 0.2) is 0 Å². The van der Waals surface area contributed by atoms with Gasteiger partial charge in [0.2, 0.25) is 0 Å². The summed E-state index contributed by atoms with van der Waals surface area (Å²) in [6.07, 6.45) is 9.17. The maximum atomic E-state index is 4.78. The first-order valence-electron chi connectivity index (χ1n) is 4.99. The molecule has 0 aliphatic heterocycles. The minimum Gasteiger partial charge on any atom is -0.396 e. The summed E-state index contributed by atoms with van der Waals surface area (Å²) >= 11 is 0. The fraction of sp³-hybridized carbons (Fsp3) is 0.900. The van der Waals surface area contributed by atoms with Crippen molar-refractivity contribution in [3.63, 3.8) is 0 Å². The van der Waals surface area contributed by atoms with Crippen molar-refractivity contribution in [3.8, 4) is 0 Å². The van der Waals surface area contributed by atoms with Gasteiger partial charge >= 0.3 is 0 Å². The van der Waals surface area contributed by atoms with E-state index in [1.165, 1.54) is 38.5 Å². The lowest BCUT2D eigenvalue weighted by Crippen LogP contribution is -1.87. The smallest absolute Gasteiger partial charge is 0.117 e. The normalized spacial score (nSPS) is 9.75. The Labute approximate surface area is 76.0 Å². The molecule has 0 spiro atoms. The van der Waals surface area contributed by atoms with Crippen LogP contribution in [0, 0.1) is 0 Å². The molecule has 0 aromatic heterocycles. The van der Waals surface area contributed by atoms with E-state index in [1.807, 2.05) is 0 Å². The Morgan fingerprint density at radius 2 is 1.58 bits per heavy atom. The van der Waals surface area contributed by atoms with E-state index < -0.39 is 0 Å². The number of unbranched alkanes of at least 4 members (excludes halogenated alkanes) is 6. The summed E-state index contributed by atoms with van der Waals surface area (Å²) in [5, 5.41) is 3.33. The summed E-state index contributed by atoms with van der Waals surface area (Å²) in [5.74, 6) is 0. The van der Waals surface area contributed by atoms with Crippen molar-refractivity contribution in [3.05, 3.63) is 0 Å². The van der Waals surface area contributed by atoms with Gasteiger partial charge in [-0.3, -0.25) is 0 Å². The number of nitrogens with zero attached hydrogens (tertiary/aromatic N) is 1. The molecule has 0 aromatic carbocycles. The zero-order chi connectivity index (χ0) is 9.07. The number of hydrogen-bond acceptors (Lipinski definition) is 2. The average molecular weight is 171 g/mol. The molecule has 0 rings (SSSR count). The first-order chi connectivity index (χ1) is 5.91. The molecule has 0 saturated heterocycles. The van der Waals surface area contributed by atoms with Crippen LogP contribution in [0.1, 0.15) is 51.9 Å². The number of hydrogen-bond donors (Lipinski definition) is 0. The summed E-state index contributed by atoms with van der Waals surface area (Å²) in [6, 6.07) is 0. The van der Waals surface area contributed by atoms with Gasteiger partial charge in [0.25, 0.3) is 0 Å². The molecule has 0 aliphatic carbocycles. The van der Waals surface area contributed by atoms with Crippen molar-refractivity contribution in [2.24, 2.45) is 5.16 Å². The van der Waals surface area contributed by atoms with E-state index in [9.17, 15) is 0 Å². The lowest BCUT2D eigenvalue weighted by molar-refractivity contribution is 0.142. The zero-order valence-corrected chi connectivity index (χ0v) is 8.22. The molecule has 0 fully saturated rings. The van der Waals surface area contributed by atoms with E-state index in [2.05, 4.69) is 18.8 Å². The van der Waals surface area contributed by atoms with E-state index >= 15 is 0 Å². The molecule has 0 atom stereocenters. The summed E-state index contributed by atoms with van der Waals surface area (Å²) < 4.78 is 0. The van der Waals surface area contributed by atoms with Gasteiger partial charge in [-0.15, -0.1) is 5.16 Å². The maximum Gasteiger partial charge on any atom is 0.117 e. The molecular weight excluding hydrogens is 150 g/mol. The Morgan fingerprint density at radius 1 is 1.00 bits per heavy atom. The van der Waals surface area contributed by atoms with Crippen LogP contribution >= 0.6 is 0 Å². The predicted octanol–water partition coefficient (Wildman–Crippen LogP) is 3.37. The highest BCUT2D eigenvalue weighted by Crippen LogP contribution is 2.06. The molecule has 0 unspecified atom stereocenters. The van der Waals surface area contributed by atoms with Gasteiger partial charge in [-0.2, -0.15) is 0 Å². The third-order valence-corrected chi connectivity index (χ3v) is 1.93. The molecule has 0 aromatic rings. The van der Waals surface area contributed by atoms with Crippen molar-refractivity contribution in [1.29, 1.82) is 0 Å². The van der Waals surface area contributed by atoms with Gasteiger partial charge in [0, 0.05) is 6.72 Å². The maximum absolute atomic E-state index is 4.78. The van der Waals surface area contributed by atoms with Crippen molar-refractivity contribution in [1.82, 2.24) is 0 Å². The Hall–Kier alpha value is -0.530. The minimum absolute atomic E-state index is 0.733. The monoisotopic (exact) mass is 171 g/mol. The van der Waals surface area contributed by atoms with Crippen molar-refractivity contribution in [2.75, 3.05) is 6.61 Å². The van der Waals surface area contributed by atoms with Gasteiger partial charge in [-0.25, -0.2) is 0 Å². The lowest BCUT2D eigenvalue weighted by atomic mass is 10.1. The highest BCUT2D eigenvalue weighted by molar-refractivity contribution is 5.21. The fourth-order valence-electron chi connectivity index (χ4n) is 1.19. The van der Waals surface area contributed by atoms with E-state index in [-0.39, 0.29) is 0 Å². The summed E-state index contributed by atoms with van der Waals surface area (Å²) in [5.41, 5.74) is 0. The summed E-state index contributed by atoms with van der Waals surface area (Å²) in [6.45, 7) is 6.22. The van der Waals surface area contributed by atoms with Crippen molar-refractivity contribution in [2.45, 2.75) is 51.9 Å². The Morgan fingerprint density at radius 3 is 2.17 bits per heavy atom. The first kappa shape index (κ1) is 11.5. The Bertz CT molecular complexity index is 93.8. The van der Waals surface area contributed by atoms with Gasteiger partial charge in [-0.05, 0) is 12.8 Å². The van der Waals surface area contributed by atoms with Crippen LogP contribution in [-0.4, -0.2) is 13.3 Å². The van der Waals surface area contributed by atoms with Crippen molar-refractivity contribution < 1.29 is 4.84 Å². The highest BCUT2D eigenvalue weighted by Gasteiger charge is 1.90. The van der Waals surface area contributed by atoms with E-state index in [0.717, 1.165) is 13.0 Å². The van der Waals surface area contributed by atoms with Crippen molar-refractivity contribution >= 4 is 6.72 Å². The van der Waals surface area contributed by atoms with Crippen LogP contribution in [0.15, 0.2) is 5.16 Å². The third-order valence-electron chi connectivity index (χ3n) is 1.93. The quantitative estimate of drug-likeness (QED) is 0.296. The SMILES string of the molecule is C=NOCCCCCCCCC. The lowest BCUT2D eigenvalue weighted by Gasteiger charge is -1.99. The van der Waals surface area contributed by atoms with Gasteiger partial charge < -0.3 is 4.84 Å². The summed E-state index contributed by atoms with van der Waals surface area (Å²) in [4.78, 5) is 4.78. The molecule has 2 nitrogen and oxygen atoms in total. The molecule has 0 radical (unpaired) electrons. The minimum atomic E-state index is 0.733. The van der Waals surface area contributed by atoms with E-state index in [4.69, 9.17) is 4.84 Å². The van der Waals surface area contributed by atoms with Gasteiger partial charge in [-0.1, -0.05) is 39.0 Å². The average Bonchev–Trinajstić information content (AvgIpc) is 2.10. The molecule has 0 heterocycles. The highest BCUT2D eigenvalue weighted by atomic mass is 16.6. The molecule has 12 heavy (non-hydrogen) atoms. The third kappa shape index (κ3) is 9.47. The second kappa shape index (κ2) is 10.5. The zero-order valence-electron chi connectivity index (χ0n) is 8.22. The van der Waals surface area contributed by atoms with Crippen LogP contribution in [0.5, 0.6) is 0 Å². The van der Waals surface area contributed by atoms with Gasteiger partial charge in [0.1, 0.15) is 6.61 Å².